The largest absolute Gasteiger partial charge is 0.492 e. The number of rotatable bonds is 10. The van der Waals surface area contributed by atoms with Crippen molar-refractivity contribution in [2.75, 3.05) is 23.7 Å². The van der Waals surface area contributed by atoms with E-state index < -0.39 is 10.0 Å². The Labute approximate surface area is 218 Å². The first kappa shape index (κ1) is 26.0. The highest BCUT2D eigenvalue weighted by atomic mass is 32.2. The Hall–Kier alpha value is -4.10. The average molecular weight is 515 g/mol. The van der Waals surface area contributed by atoms with Crippen LogP contribution in [0.5, 0.6) is 5.75 Å². The minimum Gasteiger partial charge on any atom is -0.492 e. The van der Waals surface area contributed by atoms with E-state index in [1.807, 2.05) is 85.8 Å². The third-order valence-corrected chi connectivity index (χ3v) is 6.97. The second-order valence-corrected chi connectivity index (χ2v) is 10.7. The summed E-state index contributed by atoms with van der Waals surface area (Å²) in [5, 5.41) is 2.85. The van der Waals surface area contributed by atoms with Gasteiger partial charge in [-0.15, -0.1) is 0 Å². The number of carbonyl (C=O) groups excluding carboxylic acids is 1. The van der Waals surface area contributed by atoms with Crippen molar-refractivity contribution in [3.8, 4) is 16.9 Å². The van der Waals surface area contributed by atoms with Crippen LogP contribution in [0.15, 0.2) is 103 Å². The SMILES string of the molecule is Cc1cccc(OCCNC(=O)c2ccc(CN(c3ccccc3-c3ccccc3)S(C)(=O)=O)cc2)c1. The highest BCUT2D eigenvalue weighted by Gasteiger charge is 2.21. The second-order valence-electron chi connectivity index (χ2n) is 8.77. The minimum atomic E-state index is -3.57. The molecule has 4 rings (SSSR count). The summed E-state index contributed by atoms with van der Waals surface area (Å²) in [5.74, 6) is 0.552. The molecule has 1 N–H and O–H groups in total. The highest BCUT2D eigenvalue weighted by molar-refractivity contribution is 7.92. The fraction of sp³-hybridized carbons (Fsp3) is 0.167. The summed E-state index contributed by atoms with van der Waals surface area (Å²) in [6.45, 7) is 2.87. The number of ether oxygens (including phenoxy) is 1. The Morgan fingerprint density at radius 3 is 2.27 bits per heavy atom. The summed E-state index contributed by atoms with van der Waals surface area (Å²) >= 11 is 0. The number of aryl methyl sites for hydroxylation is 1. The van der Waals surface area contributed by atoms with E-state index >= 15 is 0 Å². The molecule has 0 aliphatic carbocycles. The van der Waals surface area contributed by atoms with E-state index in [9.17, 15) is 13.2 Å². The first-order chi connectivity index (χ1) is 17.8. The maximum atomic E-state index is 12.8. The van der Waals surface area contributed by atoms with Gasteiger partial charge in [-0.05, 0) is 53.9 Å². The summed E-state index contributed by atoms with van der Waals surface area (Å²) in [4.78, 5) is 12.6. The lowest BCUT2D eigenvalue weighted by Gasteiger charge is -2.25. The second kappa shape index (κ2) is 11.8. The first-order valence-corrected chi connectivity index (χ1v) is 13.8. The number of hydrogen-bond donors (Lipinski definition) is 1. The van der Waals surface area contributed by atoms with E-state index in [2.05, 4.69) is 5.32 Å². The van der Waals surface area contributed by atoms with E-state index in [0.717, 1.165) is 28.0 Å². The highest BCUT2D eigenvalue weighted by Crippen LogP contribution is 2.33. The molecule has 4 aromatic carbocycles. The van der Waals surface area contributed by atoms with Crippen LogP contribution in [0.25, 0.3) is 11.1 Å². The Morgan fingerprint density at radius 2 is 1.57 bits per heavy atom. The van der Waals surface area contributed by atoms with Crippen LogP contribution in [0, 0.1) is 6.92 Å². The molecular weight excluding hydrogens is 484 g/mol. The summed E-state index contributed by atoms with van der Waals surface area (Å²) in [6, 6.07) is 31.9. The van der Waals surface area contributed by atoms with Gasteiger partial charge in [0.25, 0.3) is 5.91 Å². The number of carbonyl (C=O) groups is 1. The summed E-state index contributed by atoms with van der Waals surface area (Å²) < 4.78 is 32.7. The quantitative estimate of drug-likeness (QED) is 0.286. The van der Waals surface area contributed by atoms with Gasteiger partial charge in [0.2, 0.25) is 10.0 Å². The van der Waals surface area contributed by atoms with Crippen LogP contribution in [0.1, 0.15) is 21.5 Å². The van der Waals surface area contributed by atoms with Crippen LogP contribution in [-0.2, 0) is 16.6 Å². The zero-order valence-electron chi connectivity index (χ0n) is 20.9. The van der Waals surface area contributed by atoms with Gasteiger partial charge in [-0.2, -0.15) is 0 Å². The first-order valence-electron chi connectivity index (χ1n) is 12.0. The monoisotopic (exact) mass is 514 g/mol. The Bertz CT molecular complexity index is 1450. The molecule has 0 radical (unpaired) electrons. The lowest BCUT2D eigenvalue weighted by atomic mass is 10.0. The number of amides is 1. The van der Waals surface area contributed by atoms with Crippen molar-refractivity contribution in [2.24, 2.45) is 0 Å². The van der Waals surface area contributed by atoms with E-state index in [4.69, 9.17) is 4.74 Å². The van der Waals surface area contributed by atoms with Crippen LogP contribution < -0.4 is 14.4 Å². The zero-order valence-corrected chi connectivity index (χ0v) is 21.7. The molecule has 0 unspecified atom stereocenters. The number of nitrogens with zero attached hydrogens (tertiary/aromatic N) is 1. The lowest BCUT2D eigenvalue weighted by molar-refractivity contribution is 0.0947. The number of para-hydroxylation sites is 1. The van der Waals surface area contributed by atoms with Gasteiger partial charge in [-0.1, -0.05) is 72.8 Å². The van der Waals surface area contributed by atoms with Gasteiger partial charge in [0, 0.05) is 11.1 Å². The number of benzene rings is 4. The van der Waals surface area contributed by atoms with Crippen molar-refractivity contribution in [3.05, 3.63) is 120 Å². The predicted molar refractivity (Wildman–Crippen MR) is 148 cm³/mol. The van der Waals surface area contributed by atoms with Crippen molar-refractivity contribution < 1.29 is 17.9 Å². The standard InChI is InChI=1S/C30H30N2O4S/c1-23-9-8-12-27(21-23)36-20-19-31-30(33)26-17-15-24(16-18-26)22-32(37(2,34)35)29-14-7-6-13-28(29)25-10-4-3-5-11-25/h3-18,21H,19-20,22H2,1-2H3,(H,31,33). The number of sulfonamides is 1. The molecule has 0 saturated heterocycles. The molecule has 6 nitrogen and oxygen atoms in total. The molecule has 0 aliphatic heterocycles. The lowest BCUT2D eigenvalue weighted by Crippen LogP contribution is -2.30. The van der Waals surface area contributed by atoms with Crippen molar-refractivity contribution in [1.29, 1.82) is 0 Å². The number of anilines is 1. The third-order valence-electron chi connectivity index (χ3n) is 5.85. The number of hydrogen-bond acceptors (Lipinski definition) is 4. The van der Waals surface area contributed by atoms with Crippen LogP contribution in [0.4, 0.5) is 5.69 Å². The van der Waals surface area contributed by atoms with Crippen LogP contribution in [0.3, 0.4) is 0 Å². The van der Waals surface area contributed by atoms with Crippen LogP contribution >= 0.6 is 0 Å². The van der Waals surface area contributed by atoms with Gasteiger partial charge in [0.05, 0.1) is 25.0 Å². The predicted octanol–water partition coefficient (Wildman–Crippen LogP) is 5.44. The Balaban J connectivity index is 1.43. The molecule has 4 aromatic rings. The molecule has 190 valence electrons. The molecule has 0 aromatic heterocycles. The molecule has 0 heterocycles. The normalized spacial score (nSPS) is 11.1. The minimum absolute atomic E-state index is 0.148. The van der Waals surface area contributed by atoms with E-state index in [-0.39, 0.29) is 12.5 Å². The molecular formula is C30H30N2O4S. The van der Waals surface area contributed by atoms with E-state index in [1.54, 1.807) is 24.3 Å². The maximum Gasteiger partial charge on any atom is 0.251 e. The van der Waals surface area contributed by atoms with Gasteiger partial charge in [0.1, 0.15) is 12.4 Å². The average Bonchev–Trinajstić information content (AvgIpc) is 2.90. The molecule has 0 fully saturated rings. The summed E-state index contributed by atoms with van der Waals surface area (Å²) in [7, 11) is -3.57. The topological polar surface area (TPSA) is 75.7 Å². The third kappa shape index (κ3) is 6.98. The summed E-state index contributed by atoms with van der Waals surface area (Å²) in [6.07, 6.45) is 1.20. The van der Waals surface area contributed by atoms with Gasteiger partial charge in [-0.25, -0.2) is 8.42 Å². The smallest absolute Gasteiger partial charge is 0.251 e. The maximum absolute atomic E-state index is 12.8. The van der Waals surface area contributed by atoms with Gasteiger partial charge < -0.3 is 10.1 Å². The van der Waals surface area contributed by atoms with E-state index in [0.29, 0.717) is 24.4 Å². The van der Waals surface area contributed by atoms with Crippen molar-refractivity contribution in [2.45, 2.75) is 13.5 Å². The molecule has 0 aliphatic rings. The molecule has 0 bridgehead atoms. The fourth-order valence-corrected chi connectivity index (χ4v) is 4.90. The van der Waals surface area contributed by atoms with Gasteiger partial charge in [0.15, 0.2) is 0 Å². The number of nitrogens with one attached hydrogen (secondary N) is 1. The molecule has 0 atom stereocenters. The van der Waals surface area contributed by atoms with Gasteiger partial charge >= 0.3 is 0 Å². The van der Waals surface area contributed by atoms with Gasteiger partial charge in [-0.3, -0.25) is 9.10 Å². The fourth-order valence-electron chi connectivity index (χ4n) is 4.00. The van der Waals surface area contributed by atoms with Crippen molar-refractivity contribution in [3.63, 3.8) is 0 Å². The van der Waals surface area contributed by atoms with Crippen LogP contribution in [0.2, 0.25) is 0 Å². The molecule has 7 heteroatoms. The molecule has 1 amide bonds. The van der Waals surface area contributed by atoms with Crippen molar-refractivity contribution >= 4 is 21.6 Å². The zero-order chi connectivity index (χ0) is 26.3. The van der Waals surface area contributed by atoms with Crippen LogP contribution in [-0.4, -0.2) is 33.7 Å². The Morgan fingerprint density at radius 1 is 0.865 bits per heavy atom. The molecule has 0 saturated carbocycles. The summed E-state index contributed by atoms with van der Waals surface area (Å²) in [5.41, 5.74) is 4.75. The van der Waals surface area contributed by atoms with E-state index in [1.165, 1.54) is 10.6 Å². The Kier molecular flexibility index (Phi) is 8.25. The molecule has 0 spiro atoms. The molecule has 37 heavy (non-hydrogen) atoms. The van der Waals surface area contributed by atoms with Crippen molar-refractivity contribution in [1.82, 2.24) is 5.32 Å².